The minimum atomic E-state index is 0.149. The number of furan rings is 1. The number of rotatable bonds is 6. The first-order valence-electron chi connectivity index (χ1n) is 8.73. The van der Waals surface area contributed by atoms with Crippen LogP contribution in [0, 0.1) is 0 Å². The first-order valence-corrected chi connectivity index (χ1v) is 8.73. The van der Waals surface area contributed by atoms with Gasteiger partial charge in [0.1, 0.15) is 11.6 Å². The highest BCUT2D eigenvalue weighted by Crippen LogP contribution is 2.40. The summed E-state index contributed by atoms with van der Waals surface area (Å²) in [5.41, 5.74) is 14.0. The lowest BCUT2D eigenvalue weighted by Crippen LogP contribution is -2.04. The van der Waals surface area contributed by atoms with Crippen molar-refractivity contribution in [1.82, 2.24) is 14.5 Å². The normalized spacial score (nSPS) is 11.1. The van der Waals surface area contributed by atoms with Gasteiger partial charge in [-0.15, -0.1) is 0 Å². The molecule has 0 saturated carbocycles. The van der Waals surface area contributed by atoms with Crippen LogP contribution in [0.25, 0.3) is 11.0 Å². The van der Waals surface area contributed by atoms with Crippen molar-refractivity contribution in [3.05, 3.63) is 59.7 Å². The molecule has 0 saturated heterocycles. The van der Waals surface area contributed by atoms with Gasteiger partial charge in [-0.25, -0.2) is 4.98 Å². The zero-order valence-corrected chi connectivity index (χ0v) is 15.7. The SMILES string of the molecule is COc1cc(Cc2cnc(N)nc2N)c2cc(Cn3cccc3)oc2c1OC. The molecule has 0 aliphatic rings. The van der Waals surface area contributed by atoms with Gasteiger partial charge in [-0.1, -0.05) is 0 Å². The maximum atomic E-state index is 6.13. The van der Waals surface area contributed by atoms with E-state index in [1.807, 2.05) is 41.2 Å². The van der Waals surface area contributed by atoms with Crippen LogP contribution in [-0.2, 0) is 13.0 Å². The molecule has 0 bridgehead atoms. The molecule has 4 N–H and O–H groups in total. The number of nitrogens with zero attached hydrogens (tertiary/aromatic N) is 3. The highest BCUT2D eigenvalue weighted by atomic mass is 16.5. The van der Waals surface area contributed by atoms with E-state index in [1.165, 1.54) is 0 Å². The summed E-state index contributed by atoms with van der Waals surface area (Å²) < 4.78 is 19.2. The van der Waals surface area contributed by atoms with E-state index in [-0.39, 0.29) is 5.95 Å². The van der Waals surface area contributed by atoms with Gasteiger partial charge >= 0.3 is 0 Å². The molecular formula is C20H21N5O3. The van der Waals surface area contributed by atoms with Gasteiger partial charge in [-0.2, -0.15) is 4.98 Å². The number of hydrogen-bond acceptors (Lipinski definition) is 7. The summed E-state index contributed by atoms with van der Waals surface area (Å²) in [6.45, 7) is 0.611. The van der Waals surface area contributed by atoms with Gasteiger partial charge in [0.25, 0.3) is 0 Å². The first-order chi connectivity index (χ1) is 13.6. The minimum Gasteiger partial charge on any atom is -0.493 e. The van der Waals surface area contributed by atoms with Gasteiger partial charge in [0.05, 0.1) is 20.8 Å². The number of aromatic nitrogens is 3. The average Bonchev–Trinajstić information content (AvgIpc) is 3.33. The van der Waals surface area contributed by atoms with Crippen molar-refractivity contribution >= 4 is 22.7 Å². The van der Waals surface area contributed by atoms with Gasteiger partial charge in [-0.3, -0.25) is 0 Å². The first kappa shape index (κ1) is 17.7. The molecular weight excluding hydrogens is 358 g/mol. The fourth-order valence-corrected chi connectivity index (χ4v) is 3.26. The Morgan fingerprint density at radius 2 is 1.86 bits per heavy atom. The number of nitrogens with two attached hydrogens (primary N) is 2. The molecule has 8 heteroatoms. The number of nitrogen functional groups attached to an aromatic ring is 2. The van der Waals surface area contributed by atoms with Gasteiger partial charge in [-0.05, 0) is 29.8 Å². The van der Waals surface area contributed by atoms with Gasteiger partial charge in [0.15, 0.2) is 11.3 Å². The van der Waals surface area contributed by atoms with E-state index in [0.717, 1.165) is 22.3 Å². The Kier molecular flexibility index (Phi) is 4.52. The summed E-state index contributed by atoms with van der Waals surface area (Å²) in [6, 6.07) is 7.88. The highest BCUT2D eigenvalue weighted by molar-refractivity contribution is 5.90. The van der Waals surface area contributed by atoms with E-state index in [9.17, 15) is 0 Å². The fourth-order valence-electron chi connectivity index (χ4n) is 3.26. The summed E-state index contributed by atoms with van der Waals surface area (Å²) in [6.07, 6.45) is 6.11. The molecule has 0 radical (unpaired) electrons. The second-order valence-corrected chi connectivity index (χ2v) is 6.40. The topological polar surface area (TPSA) is 114 Å². The largest absolute Gasteiger partial charge is 0.493 e. The number of hydrogen-bond donors (Lipinski definition) is 2. The van der Waals surface area contributed by atoms with Crippen LogP contribution in [0.15, 0.2) is 47.3 Å². The molecule has 0 aliphatic heterocycles. The lowest BCUT2D eigenvalue weighted by atomic mass is 10.0. The second kappa shape index (κ2) is 7.15. The number of ether oxygens (including phenoxy) is 2. The molecule has 0 fully saturated rings. The highest BCUT2D eigenvalue weighted by Gasteiger charge is 2.19. The Bertz CT molecular complexity index is 1120. The number of fused-ring (bicyclic) bond motifs is 1. The number of anilines is 2. The summed E-state index contributed by atoms with van der Waals surface area (Å²) in [7, 11) is 3.19. The van der Waals surface area contributed by atoms with Crippen LogP contribution in [0.3, 0.4) is 0 Å². The number of methoxy groups -OCH3 is 2. The van der Waals surface area contributed by atoms with Crippen LogP contribution in [0.2, 0.25) is 0 Å². The zero-order valence-electron chi connectivity index (χ0n) is 15.7. The lowest BCUT2D eigenvalue weighted by molar-refractivity contribution is 0.352. The van der Waals surface area contributed by atoms with Crippen LogP contribution >= 0.6 is 0 Å². The van der Waals surface area contributed by atoms with Crippen molar-refractivity contribution in [1.29, 1.82) is 0 Å². The van der Waals surface area contributed by atoms with Gasteiger partial charge in [0.2, 0.25) is 11.7 Å². The van der Waals surface area contributed by atoms with Crippen LogP contribution in [-0.4, -0.2) is 28.8 Å². The molecule has 0 atom stereocenters. The molecule has 3 aromatic heterocycles. The fraction of sp³-hybridized carbons (Fsp3) is 0.200. The number of benzene rings is 1. The zero-order chi connectivity index (χ0) is 19.7. The molecule has 0 amide bonds. The molecule has 144 valence electrons. The average molecular weight is 379 g/mol. The van der Waals surface area contributed by atoms with Crippen molar-refractivity contribution in [3.8, 4) is 11.5 Å². The molecule has 1 aromatic carbocycles. The van der Waals surface area contributed by atoms with Gasteiger partial charge < -0.3 is 29.9 Å². The monoisotopic (exact) mass is 379 g/mol. The minimum absolute atomic E-state index is 0.149. The third kappa shape index (κ3) is 3.20. The molecule has 4 rings (SSSR count). The maximum Gasteiger partial charge on any atom is 0.221 e. The lowest BCUT2D eigenvalue weighted by Gasteiger charge is -2.12. The molecule has 3 heterocycles. The molecule has 4 aromatic rings. The Balaban J connectivity index is 1.83. The van der Waals surface area contributed by atoms with E-state index >= 15 is 0 Å². The van der Waals surface area contributed by atoms with E-state index in [2.05, 4.69) is 9.97 Å². The smallest absolute Gasteiger partial charge is 0.221 e. The Morgan fingerprint density at radius 3 is 2.54 bits per heavy atom. The van der Waals surface area contributed by atoms with Crippen molar-refractivity contribution in [2.24, 2.45) is 0 Å². The third-order valence-corrected chi connectivity index (χ3v) is 4.59. The predicted octanol–water partition coefficient (Wildman–Crippen LogP) is 2.85. The standard InChI is InChI=1S/C20H21N5O3/c1-26-16-8-12(7-13-10-23-20(22)24-19(13)21)15-9-14(11-25-5-3-4-6-25)28-17(15)18(16)27-2/h3-6,8-10H,7,11H2,1-2H3,(H4,21,22,23,24). The summed E-state index contributed by atoms with van der Waals surface area (Å²) in [5, 5.41) is 0.927. The van der Waals surface area contributed by atoms with Crippen molar-refractivity contribution < 1.29 is 13.9 Å². The molecule has 0 spiro atoms. The second-order valence-electron chi connectivity index (χ2n) is 6.40. The van der Waals surface area contributed by atoms with Gasteiger partial charge in [0, 0.05) is 36.0 Å². The molecule has 0 aliphatic carbocycles. The van der Waals surface area contributed by atoms with Crippen LogP contribution < -0.4 is 20.9 Å². The molecule has 8 nitrogen and oxygen atoms in total. The quantitative estimate of drug-likeness (QED) is 0.529. The van der Waals surface area contributed by atoms with Crippen molar-refractivity contribution in [2.45, 2.75) is 13.0 Å². The maximum absolute atomic E-state index is 6.13. The third-order valence-electron chi connectivity index (χ3n) is 4.59. The van der Waals surface area contributed by atoms with E-state index in [1.54, 1.807) is 20.4 Å². The van der Waals surface area contributed by atoms with Crippen LogP contribution in [0.5, 0.6) is 11.5 Å². The van der Waals surface area contributed by atoms with Crippen molar-refractivity contribution in [3.63, 3.8) is 0 Å². The van der Waals surface area contributed by atoms with Crippen LogP contribution in [0.4, 0.5) is 11.8 Å². The van der Waals surface area contributed by atoms with E-state index in [0.29, 0.717) is 35.9 Å². The molecule has 28 heavy (non-hydrogen) atoms. The Labute approximate surface area is 161 Å². The van der Waals surface area contributed by atoms with Crippen molar-refractivity contribution in [2.75, 3.05) is 25.7 Å². The summed E-state index contributed by atoms with van der Waals surface area (Å²) in [5.74, 6) is 2.45. The molecule has 0 unspecified atom stereocenters. The van der Waals surface area contributed by atoms with E-state index in [4.69, 9.17) is 25.4 Å². The Morgan fingerprint density at radius 1 is 1.07 bits per heavy atom. The Hall–Kier alpha value is -3.68. The summed E-state index contributed by atoms with van der Waals surface area (Å²) >= 11 is 0. The summed E-state index contributed by atoms with van der Waals surface area (Å²) in [4.78, 5) is 8.09. The van der Waals surface area contributed by atoms with E-state index < -0.39 is 0 Å². The predicted molar refractivity (Wildman–Crippen MR) is 107 cm³/mol. The van der Waals surface area contributed by atoms with Crippen LogP contribution in [0.1, 0.15) is 16.9 Å².